The van der Waals surface area contributed by atoms with Crippen LogP contribution in [0.15, 0.2) is 48.6 Å². The standard InChI is InChI=1S/C22H26O5/c1-22(2)26-19(20(27-22)11-8-12-21(23)24)10-7-5-4-6-9-17-13-15-18(25-3)16-14-17/h4-5,7,10,13-16,19-20H,8,11-12H2,1-3H3,(H,23,24)/b5-4+,10-7+/t19-,20+/m1/s1. The molecule has 1 heterocycles. The van der Waals surface area contributed by atoms with Gasteiger partial charge >= 0.3 is 5.97 Å². The van der Waals surface area contributed by atoms with Gasteiger partial charge in [-0.15, -0.1) is 0 Å². The smallest absolute Gasteiger partial charge is 0.303 e. The maximum absolute atomic E-state index is 10.7. The molecule has 5 heteroatoms. The topological polar surface area (TPSA) is 65.0 Å². The summed E-state index contributed by atoms with van der Waals surface area (Å²) in [5, 5.41) is 8.77. The van der Waals surface area contributed by atoms with Crippen molar-refractivity contribution in [2.45, 2.75) is 51.1 Å². The van der Waals surface area contributed by atoms with E-state index in [1.165, 1.54) is 0 Å². The third-order valence-electron chi connectivity index (χ3n) is 4.00. The van der Waals surface area contributed by atoms with E-state index in [4.69, 9.17) is 19.3 Å². The normalized spacial score (nSPS) is 21.3. The second-order valence-corrected chi connectivity index (χ2v) is 6.67. The summed E-state index contributed by atoms with van der Waals surface area (Å²) in [5.41, 5.74) is 0.914. The van der Waals surface area contributed by atoms with Crippen molar-refractivity contribution in [2.75, 3.05) is 7.11 Å². The Morgan fingerprint density at radius 3 is 2.67 bits per heavy atom. The zero-order valence-electron chi connectivity index (χ0n) is 16.0. The Morgan fingerprint density at radius 2 is 2.00 bits per heavy atom. The van der Waals surface area contributed by atoms with Gasteiger partial charge in [-0.05, 0) is 57.0 Å². The van der Waals surface area contributed by atoms with Crippen molar-refractivity contribution in [1.29, 1.82) is 0 Å². The minimum atomic E-state index is -0.793. The zero-order chi connectivity index (χ0) is 19.7. The third-order valence-corrected chi connectivity index (χ3v) is 4.00. The van der Waals surface area contributed by atoms with Crippen LogP contribution in [0.2, 0.25) is 0 Å². The quantitative estimate of drug-likeness (QED) is 0.582. The monoisotopic (exact) mass is 370 g/mol. The number of rotatable bonds is 7. The fourth-order valence-corrected chi connectivity index (χ4v) is 2.78. The molecule has 0 saturated carbocycles. The van der Waals surface area contributed by atoms with E-state index in [2.05, 4.69) is 11.8 Å². The van der Waals surface area contributed by atoms with E-state index in [-0.39, 0.29) is 18.6 Å². The lowest BCUT2D eigenvalue weighted by Gasteiger charge is -2.16. The Labute approximate surface area is 160 Å². The van der Waals surface area contributed by atoms with Gasteiger partial charge in [0.05, 0.1) is 13.2 Å². The number of hydrogen-bond donors (Lipinski definition) is 1. The molecule has 0 aromatic heterocycles. The first-order valence-electron chi connectivity index (χ1n) is 8.96. The molecule has 5 nitrogen and oxygen atoms in total. The Kier molecular flexibility index (Phi) is 7.66. The van der Waals surface area contributed by atoms with Crippen molar-refractivity contribution in [2.24, 2.45) is 0 Å². The Morgan fingerprint density at radius 1 is 1.26 bits per heavy atom. The molecule has 1 aliphatic heterocycles. The number of allylic oxidation sites excluding steroid dienone is 3. The average Bonchev–Trinajstić information content (AvgIpc) is 2.92. The number of ether oxygens (including phenoxy) is 3. The number of carbonyl (C=O) groups is 1. The van der Waals surface area contributed by atoms with Gasteiger partial charge in [-0.3, -0.25) is 4.79 Å². The second kappa shape index (κ2) is 9.96. The summed E-state index contributed by atoms with van der Waals surface area (Å²) in [5.74, 6) is 5.37. The van der Waals surface area contributed by atoms with E-state index >= 15 is 0 Å². The predicted molar refractivity (Wildman–Crippen MR) is 103 cm³/mol. The number of benzene rings is 1. The Hall–Kier alpha value is -2.55. The van der Waals surface area contributed by atoms with Crippen molar-refractivity contribution in [3.63, 3.8) is 0 Å². The summed E-state index contributed by atoms with van der Waals surface area (Å²) in [6, 6.07) is 7.56. The molecule has 1 N–H and O–H groups in total. The number of aliphatic carboxylic acids is 1. The summed E-state index contributed by atoms with van der Waals surface area (Å²) in [6.07, 6.45) is 8.41. The van der Waals surface area contributed by atoms with Gasteiger partial charge in [0.15, 0.2) is 5.79 Å². The zero-order valence-corrected chi connectivity index (χ0v) is 16.0. The molecule has 0 bridgehead atoms. The molecule has 27 heavy (non-hydrogen) atoms. The Balaban J connectivity index is 1.87. The van der Waals surface area contributed by atoms with Crippen LogP contribution in [-0.4, -0.2) is 36.2 Å². The van der Waals surface area contributed by atoms with Crippen molar-refractivity contribution in [1.82, 2.24) is 0 Å². The van der Waals surface area contributed by atoms with Gasteiger partial charge in [0.25, 0.3) is 0 Å². The molecule has 0 amide bonds. The molecule has 0 spiro atoms. The molecule has 0 unspecified atom stereocenters. The van der Waals surface area contributed by atoms with Crippen LogP contribution in [0.5, 0.6) is 5.75 Å². The van der Waals surface area contributed by atoms with E-state index in [0.29, 0.717) is 12.8 Å². The largest absolute Gasteiger partial charge is 0.497 e. The highest BCUT2D eigenvalue weighted by Crippen LogP contribution is 2.31. The number of hydrogen-bond acceptors (Lipinski definition) is 4. The molecule has 1 aliphatic rings. The van der Waals surface area contributed by atoms with Gasteiger partial charge in [0.2, 0.25) is 0 Å². The predicted octanol–water partition coefficient (Wildman–Crippen LogP) is 3.93. The first kappa shape index (κ1) is 20.8. The molecule has 1 aromatic rings. The first-order chi connectivity index (χ1) is 12.9. The molecule has 2 rings (SSSR count). The highest BCUT2D eigenvalue weighted by atomic mass is 16.7. The molecule has 144 valence electrons. The molecule has 1 fully saturated rings. The third kappa shape index (κ3) is 7.30. The van der Waals surface area contributed by atoms with Crippen molar-refractivity contribution in [3.8, 4) is 17.6 Å². The molecule has 2 atom stereocenters. The van der Waals surface area contributed by atoms with E-state index in [1.807, 2.05) is 56.3 Å². The molecule has 1 saturated heterocycles. The van der Waals surface area contributed by atoms with Gasteiger partial charge < -0.3 is 19.3 Å². The minimum Gasteiger partial charge on any atom is -0.497 e. The number of carboxylic acid groups (broad SMARTS) is 1. The van der Waals surface area contributed by atoms with Gasteiger partial charge in [-0.25, -0.2) is 0 Å². The first-order valence-corrected chi connectivity index (χ1v) is 8.96. The summed E-state index contributed by atoms with van der Waals surface area (Å²) < 4.78 is 16.9. The van der Waals surface area contributed by atoms with Crippen LogP contribution < -0.4 is 4.74 Å². The van der Waals surface area contributed by atoms with Crippen molar-refractivity contribution < 1.29 is 24.1 Å². The molecular formula is C22H26O5. The minimum absolute atomic E-state index is 0.136. The van der Waals surface area contributed by atoms with Crippen LogP contribution in [0, 0.1) is 11.8 Å². The average molecular weight is 370 g/mol. The van der Waals surface area contributed by atoms with Gasteiger partial charge in [-0.1, -0.05) is 30.1 Å². The van der Waals surface area contributed by atoms with Crippen LogP contribution >= 0.6 is 0 Å². The highest BCUT2D eigenvalue weighted by Gasteiger charge is 2.39. The Bertz CT molecular complexity index is 734. The molecular weight excluding hydrogens is 344 g/mol. The summed E-state index contributed by atoms with van der Waals surface area (Å²) in [4.78, 5) is 10.7. The van der Waals surface area contributed by atoms with Crippen molar-refractivity contribution in [3.05, 3.63) is 54.1 Å². The van der Waals surface area contributed by atoms with Crippen LogP contribution in [0.25, 0.3) is 0 Å². The lowest BCUT2D eigenvalue weighted by atomic mass is 10.1. The lowest BCUT2D eigenvalue weighted by molar-refractivity contribution is -0.143. The van der Waals surface area contributed by atoms with Crippen LogP contribution in [0.3, 0.4) is 0 Å². The fourth-order valence-electron chi connectivity index (χ4n) is 2.78. The summed E-state index contributed by atoms with van der Waals surface area (Å²) in [7, 11) is 1.63. The number of methoxy groups -OCH3 is 1. The maximum Gasteiger partial charge on any atom is 0.303 e. The molecule has 0 aliphatic carbocycles. The fraction of sp³-hybridized carbons (Fsp3) is 0.409. The van der Waals surface area contributed by atoms with Crippen molar-refractivity contribution >= 4 is 5.97 Å². The summed E-state index contributed by atoms with van der Waals surface area (Å²) >= 11 is 0. The van der Waals surface area contributed by atoms with E-state index in [0.717, 1.165) is 11.3 Å². The van der Waals surface area contributed by atoms with Gasteiger partial charge in [-0.2, -0.15) is 0 Å². The highest BCUT2D eigenvalue weighted by molar-refractivity contribution is 5.66. The summed E-state index contributed by atoms with van der Waals surface area (Å²) in [6.45, 7) is 3.72. The second-order valence-electron chi connectivity index (χ2n) is 6.67. The van der Waals surface area contributed by atoms with Crippen LogP contribution in [0.4, 0.5) is 0 Å². The molecule has 1 aromatic carbocycles. The van der Waals surface area contributed by atoms with E-state index in [1.54, 1.807) is 13.2 Å². The maximum atomic E-state index is 10.7. The molecule has 0 radical (unpaired) electrons. The van der Waals surface area contributed by atoms with E-state index < -0.39 is 11.8 Å². The van der Waals surface area contributed by atoms with E-state index in [9.17, 15) is 4.79 Å². The number of carboxylic acids is 1. The van der Waals surface area contributed by atoms with Crippen LogP contribution in [-0.2, 0) is 14.3 Å². The SMILES string of the molecule is COc1ccc(C#C/C=C/C=C/[C@H]2OC(C)(C)O[C@H]2CCCC(=O)O)cc1. The van der Waals surface area contributed by atoms with Gasteiger partial charge in [0, 0.05) is 12.0 Å². The van der Waals surface area contributed by atoms with Gasteiger partial charge in [0.1, 0.15) is 11.9 Å². The van der Waals surface area contributed by atoms with Crippen LogP contribution in [0.1, 0.15) is 38.7 Å². The lowest BCUT2D eigenvalue weighted by Crippen LogP contribution is -2.21.